The molecule has 3 aromatic carbocycles. The summed E-state index contributed by atoms with van der Waals surface area (Å²) in [7, 11) is 0. The van der Waals surface area contributed by atoms with Gasteiger partial charge in [-0.25, -0.2) is 0 Å². The normalized spacial score (nSPS) is 13.0. The molecule has 0 amide bonds. The van der Waals surface area contributed by atoms with Crippen LogP contribution in [0.4, 0.5) is 0 Å². The van der Waals surface area contributed by atoms with Gasteiger partial charge in [0.2, 0.25) is 11.6 Å². The molecular weight excluding hydrogens is 360 g/mol. The van der Waals surface area contributed by atoms with Gasteiger partial charge >= 0.3 is 0 Å². The van der Waals surface area contributed by atoms with Gasteiger partial charge in [-0.15, -0.1) is 0 Å². The second kappa shape index (κ2) is 6.02. The largest absolute Gasteiger partial charge is 0.455 e. The second-order valence-electron chi connectivity index (χ2n) is 7.88. The lowest BCUT2D eigenvalue weighted by Gasteiger charge is -2.16. The van der Waals surface area contributed by atoms with E-state index in [1.165, 1.54) is 5.56 Å². The van der Waals surface area contributed by atoms with Gasteiger partial charge in [-0.2, -0.15) is 0 Å². The number of aryl methyl sites for hydroxylation is 3. The topological polar surface area (TPSA) is 47.3 Å². The van der Waals surface area contributed by atoms with Gasteiger partial charge in [0, 0.05) is 22.3 Å². The molecule has 1 aliphatic rings. The molecule has 0 radical (unpaired) electrons. The maximum atomic E-state index is 13.1. The van der Waals surface area contributed by atoms with Crippen molar-refractivity contribution in [1.82, 2.24) is 0 Å². The van der Waals surface area contributed by atoms with Crippen LogP contribution in [0.25, 0.3) is 33.4 Å². The third-order valence-electron chi connectivity index (χ3n) is 6.10. The number of rotatable bonds is 1. The summed E-state index contributed by atoms with van der Waals surface area (Å²) < 4.78 is 6.27. The molecule has 1 aromatic heterocycles. The zero-order valence-electron chi connectivity index (χ0n) is 16.8. The molecule has 0 fully saturated rings. The zero-order chi connectivity index (χ0) is 20.4. The fourth-order valence-corrected chi connectivity index (χ4v) is 4.31. The van der Waals surface area contributed by atoms with E-state index in [-0.39, 0.29) is 0 Å². The predicted octanol–water partition coefficient (Wildman–Crippen LogP) is 6.38. The molecule has 0 saturated heterocycles. The monoisotopic (exact) mass is 380 g/mol. The van der Waals surface area contributed by atoms with E-state index in [9.17, 15) is 9.59 Å². The Balaban J connectivity index is 1.83. The van der Waals surface area contributed by atoms with Crippen LogP contribution >= 0.6 is 0 Å². The van der Waals surface area contributed by atoms with Gasteiger partial charge in [0.1, 0.15) is 11.5 Å². The van der Waals surface area contributed by atoms with Gasteiger partial charge in [0.25, 0.3) is 0 Å². The first-order chi connectivity index (χ1) is 13.9. The summed E-state index contributed by atoms with van der Waals surface area (Å²) in [4.78, 5) is 26.2. The third-order valence-corrected chi connectivity index (χ3v) is 6.10. The van der Waals surface area contributed by atoms with Crippen LogP contribution in [0.1, 0.15) is 43.0 Å². The van der Waals surface area contributed by atoms with E-state index in [0.29, 0.717) is 28.2 Å². The standard InChI is InChI=1S/C26H20O3/c1-13-8-9-17(12-15(13)3)25-16(4)21-23(27)24(28)22-19-7-5-6-14(2)18(19)10-11-20(22)26(21)29-25/h5-12H,1-4H3. The number of fused-ring (bicyclic) bond motifs is 5. The fraction of sp³-hybridized carbons (Fsp3) is 0.154. The summed E-state index contributed by atoms with van der Waals surface area (Å²) in [5, 5.41) is 1.78. The molecule has 0 bridgehead atoms. The van der Waals surface area contributed by atoms with Crippen LogP contribution in [0.3, 0.4) is 0 Å². The lowest BCUT2D eigenvalue weighted by molar-refractivity contribution is 0.0815. The molecule has 1 aliphatic carbocycles. The Kier molecular flexibility index (Phi) is 3.66. The summed E-state index contributed by atoms with van der Waals surface area (Å²) in [5.41, 5.74) is 6.59. The minimum absolute atomic E-state index is 0.391. The van der Waals surface area contributed by atoms with Crippen LogP contribution < -0.4 is 0 Å². The maximum absolute atomic E-state index is 13.1. The highest BCUT2D eigenvalue weighted by molar-refractivity contribution is 6.54. The minimum atomic E-state index is -0.488. The van der Waals surface area contributed by atoms with E-state index in [0.717, 1.165) is 33.0 Å². The van der Waals surface area contributed by atoms with Gasteiger partial charge in [0.05, 0.1) is 5.56 Å². The van der Waals surface area contributed by atoms with Gasteiger partial charge < -0.3 is 4.42 Å². The molecule has 0 atom stereocenters. The van der Waals surface area contributed by atoms with Crippen molar-refractivity contribution < 1.29 is 14.0 Å². The fourth-order valence-electron chi connectivity index (χ4n) is 4.31. The molecule has 29 heavy (non-hydrogen) atoms. The number of hydrogen-bond donors (Lipinski definition) is 0. The van der Waals surface area contributed by atoms with Crippen LogP contribution in [-0.4, -0.2) is 11.6 Å². The molecule has 1 heterocycles. The first-order valence-electron chi connectivity index (χ1n) is 9.71. The van der Waals surface area contributed by atoms with Crippen molar-refractivity contribution in [2.45, 2.75) is 27.7 Å². The third kappa shape index (κ3) is 2.37. The van der Waals surface area contributed by atoms with Gasteiger partial charge in [-0.3, -0.25) is 9.59 Å². The average molecular weight is 380 g/mol. The Hall–Kier alpha value is -3.46. The van der Waals surface area contributed by atoms with Crippen molar-refractivity contribution in [3.63, 3.8) is 0 Å². The highest BCUT2D eigenvalue weighted by Crippen LogP contribution is 2.44. The SMILES string of the molecule is Cc1ccc(-c2oc3c(c2C)C(=O)C(=O)c2c-3ccc3c(C)cccc23)cc1C. The van der Waals surface area contributed by atoms with Crippen molar-refractivity contribution in [3.8, 4) is 22.6 Å². The summed E-state index contributed by atoms with van der Waals surface area (Å²) in [6.45, 7) is 7.97. The number of carbonyl (C=O) groups is 2. The number of benzene rings is 3. The van der Waals surface area contributed by atoms with E-state index in [2.05, 4.69) is 19.9 Å². The predicted molar refractivity (Wildman–Crippen MR) is 115 cm³/mol. The van der Waals surface area contributed by atoms with Crippen molar-refractivity contribution >= 4 is 22.3 Å². The number of hydrogen-bond acceptors (Lipinski definition) is 3. The van der Waals surface area contributed by atoms with Crippen LogP contribution in [-0.2, 0) is 0 Å². The number of ketones is 2. The number of carbonyl (C=O) groups excluding carboxylic acids is 2. The average Bonchev–Trinajstić information content (AvgIpc) is 3.05. The lowest BCUT2D eigenvalue weighted by atomic mass is 9.83. The van der Waals surface area contributed by atoms with E-state index in [1.807, 2.05) is 56.3 Å². The maximum Gasteiger partial charge on any atom is 0.237 e. The van der Waals surface area contributed by atoms with Crippen LogP contribution in [0.5, 0.6) is 0 Å². The quantitative estimate of drug-likeness (QED) is 0.360. The molecule has 3 heteroatoms. The molecule has 4 aromatic rings. The summed E-state index contributed by atoms with van der Waals surface area (Å²) in [6.07, 6.45) is 0. The number of furan rings is 1. The highest BCUT2D eigenvalue weighted by Gasteiger charge is 2.37. The molecule has 0 N–H and O–H groups in total. The Bertz CT molecular complexity index is 1370. The van der Waals surface area contributed by atoms with E-state index < -0.39 is 11.6 Å². The van der Waals surface area contributed by atoms with Gasteiger partial charge in [-0.1, -0.05) is 36.4 Å². The Morgan fingerprint density at radius 3 is 2.17 bits per heavy atom. The molecule has 0 unspecified atom stereocenters. The molecule has 142 valence electrons. The van der Waals surface area contributed by atoms with Crippen molar-refractivity contribution in [1.29, 1.82) is 0 Å². The lowest BCUT2D eigenvalue weighted by Crippen LogP contribution is -2.21. The van der Waals surface area contributed by atoms with Crippen LogP contribution in [0.2, 0.25) is 0 Å². The molecule has 0 saturated carbocycles. The smallest absolute Gasteiger partial charge is 0.237 e. The second-order valence-corrected chi connectivity index (χ2v) is 7.88. The number of Topliss-reactive ketones (excluding diaryl/α,β-unsaturated/α-hetero) is 2. The first kappa shape index (κ1) is 17.6. The van der Waals surface area contributed by atoms with Crippen LogP contribution in [0, 0.1) is 27.7 Å². The van der Waals surface area contributed by atoms with Crippen molar-refractivity contribution in [2.24, 2.45) is 0 Å². The molecular formula is C26H20O3. The molecule has 5 rings (SSSR count). The van der Waals surface area contributed by atoms with Gasteiger partial charge in [-0.05, 0) is 67.3 Å². The van der Waals surface area contributed by atoms with E-state index in [4.69, 9.17) is 4.42 Å². The van der Waals surface area contributed by atoms with Crippen molar-refractivity contribution in [3.05, 3.63) is 81.9 Å². The molecule has 0 spiro atoms. The molecule has 3 nitrogen and oxygen atoms in total. The summed E-state index contributed by atoms with van der Waals surface area (Å²) >= 11 is 0. The van der Waals surface area contributed by atoms with Crippen LogP contribution in [0.15, 0.2) is 52.9 Å². The van der Waals surface area contributed by atoms with Crippen molar-refractivity contribution in [2.75, 3.05) is 0 Å². The molecule has 0 aliphatic heterocycles. The Morgan fingerprint density at radius 1 is 0.655 bits per heavy atom. The Labute approximate surface area is 169 Å². The first-order valence-corrected chi connectivity index (χ1v) is 9.71. The highest BCUT2D eigenvalue weighted by atomic mass is 16.3. The van der Waals surface area contributed by atoms with E-state index >= 15 is 0 Å². The Morgan fingerprint density at radius 2 is 1.41 bits per heavy atom. The van der Waals surface area contributed by atoms with Gasteiger partial charge in [0.15, 0.2) is 0 Å². The summed E-state index contributed by atoms with van der Waals surface area (Å²) in [6, 6.07) is 15.8. The summed E-state index contributed by atoms with van der Waals surface area (Å²) in [5.74, 6) is 0.201. The van der Waals surface area contributed by atoms with E-state index in [1.54, 1.807) is 0 Å². The zero-order valence-corrected chi connectivity index (χ0v) is 16.8. The minimum Gasteiger partial charge on any atom is -0.455 e.